The number of nitrogens with one attached hydrogen (secondary N) is 2. The predicted octanol–water partition coefficient (Wildman–Crippen LogP) is 1.70. The summed E-state index contributed by atoms with van der Waals surface area (Å²) in [6.07, 6.45) is 1.97. The van der Waals surface area contributed by atoms with Crippen LogP contribution < -0.4 is 10.9 Å². The van der Waals surface area contributed by atoms with Gasteiger partial charge < -0.3 is 15.1 Å². The van der Waals surface area contributed by atoms with Crippen molar-refractivity contribution in [2.24, 2.45) is 0 Å². The molecule has 2 amide bonds. The fraction of sp³-hybridized carbons (Fsp3) is 0.474. The Hall–Kier alpha value is -2.59. The molecule has 1 aliphatic heterocycles. The smallest absolute Gasteiger partial charge is 0.410 e. The Morgan fingerprint density at radius 3 is 2.52 bits per heavy atom. The van der Waals surface area contributed by atoms with Crippen molar-refractivity contribution in [2.45, 2.75) is 32.1 Å². The average molecular weight is 425 g/mol. The second kappa shape index (κ2) is 10.3. The van der Waals surface area contributed by atoms with E-state index in [1.165, 1.54) is 16.4 Å². The number of ether oxygens (including phenoxy) is 1. The van der Waals surface area contributed by atoms with Gasteiger partial charge in [-0.2, -0.15) is 4.31 Å². The normalized spacial score (nSPS) is 14.3. The zero-order chi connectivity index (χ0) is 21.4. The molecule has 1 aliphatic rings. The van der Waals surface area contributed by atoms with Gasteiger partial charge in [-0.25, -0.2) is 13.2 Å². The number of benzene rings is 1. The van der Waals surface area contributed by atoms with Crippen LogP contribution in [0, 0.1) is 0 Å². The topological polar surface area (TPSA) is 108 Å². The molecular weight excluding hydrogens is 396 g/mol. The lowest BCUT2D eigenvalue weighted by molar-refractivity contribution is 0.0932. The SMILES string of the molecule is CCOC(=O)N1CC=C(NNC(=O)c2cccc(S(=O)(=O)N(CC)CC)c2)CC1. The minimum absolute atomic E-state index is 0.0795. The molecule has 0 saturated heterocycles. The third-order valence-electron chi connectivity index (χ3n) is 4.51. The standard InChI is InChI=1S/C19H28N4O5S/c1-4-23(5-2)29(26,27)17-9-7-8-15(14-17)18(24)21-20-16-10-12-22(13-11-16)19(25)28-6-3/h7-10,14,20H,4-6,11-13H2,1-3H3,(H,21,24). The quantitative estimate of drug-likeness (QED) is 0.615. The molecule has 160 valence electrons. The van der Waals surface area contributed by atoms with E-state index >= 15 is 0 Å². The maximum Gasteiger partial charge on any atom is 0.410 e. The Morgan fingerprint density at radius 1 is 1.21 bits per heavy atom. The fourth-order valence-corrected chi connectivity index (χ4v) is 4.39. The second-order valence-corrected chi connectivity index (χ2v) is 8.26. The molecule has 1 heterocycles. The van der Waals surface area contributed by atoms with E-state index in [0.717, 1.165) is 5.70 Å². The van der Waals surface area contributed by atoms with Crippen LogP contribution in [0.15, 0.2) is 40.9 Å². The molecule has 2 N–H and O–H groups in total. The Kier molecular flexibility index (Phi) is 8.03. The van der Waals surface area contributed by atoms with Crippen LogP contribution in [0.2, 0.25) is 0 Å². The van der Waals surface area contributed by atoms with E-state index in [1.807, 2.05) is 0 Å². The van der Waals surface area contributed by atoms with Gasteiger partial charge in [-0.15, -0.1) is 0 Å². The van der Waals surface area contributed by atoms with Crippen molar-refractivity contribution >= 4 is 22.0 Å². The van der Waals surface area contributed by atoms with E-state index in [2.05, 4.69) is 10.9 Å². The predicted molar refractivity (Wildman–Crippen MR) is 108 cm³/mol. The van der Waals surface area contributed by atoms with Gasteiger partial charge >= 0.3 is 6.09 Å². The lowest BCUT2D eigenvalue weighted by Gasteiger charge is -2.26. The molecule has 0 bridgehead atoms. The summed E-state index contributed by atoms with van der Waals surface area (Å²) in [6.45, 7) is 7.18. The van der Waals surface area contributed by atoms with Gasteiger partial charge in [0.1, 0.15) is 0 Å². The van der Waals surface area contributed by atoms with E-state index in [0.29, 0.717) is 39.2 Å². The van der Waals surface area contributed by atoms with Crippen LogP contribution in [0.1, 0.15) is 37.6 Å². The molecule has 10 heteroatoms. The highest BCUT2D eigenvalue weighted by molar-refractivity contribution is 7.89. The largest absolute Gasteiger partial charge is 0.450 e. The van der Waals surface area contributed by atoms with Gasteiger partial charge in [0.15, 0.2) is 0 Å². The van der Waals surface area contributed by atoms with Gasteiger partial charge in [0.25, 0.3) is 5.91 Å². The number of carbonyl (C=O) groups excluding carboxylic acids is 2. The molecule has 0 aromatic heterocycles. The Balaban J connectivity index is 1.99. The highest BCUT2D eigenvalue weighted by Crippen LogP contribution is 2.17. The molecule has 0 radical (unpaired) electrons. The molecule has 2 rings (SSSR count). The van der Waals surface area contributed by atoms with Crippen molar-refractivity contribution in [3.05, 3.63) is 41.6 Å². The van der Waals surface area contributed by atoms with E-state index in [9.17, 15) is 18.0 Å². The molecule has 1 aromatic rings. The van der Waals surface area contributed by atoms with Gasteiger partial charge in [0.2, 0.25) is 10.0 Å². The van der Waals surface area contributed by atoms with Crippen molar-refractivity contribution in [1.82, 2.24) is 20.1 Å². The lowest BCUT2D eigenvalue weighted by atomic mass is 10.2. The first kappa shape index (κ1) is 22.7. The summed E-state index contributed by atoms with van der Waals surface area (Å²) in [5.74, 6) is -0.449. The molecule has 1 aromatic carbocycles. The summed E-state index contributed by atoms with van der Waals surface area (Å²) in [4.78, 5) is 25.8. The van der Waals surface area contributed by atoms with Crippen molar-refractivity contribution in [2.75, 3.05) is 32.8 Å². The van der Waals surface area contributed by atoms with Crippen LogP contribution in [-0.2, 0) is 14.8 Å². The summed E-state index contributed by atoms with van der Waals surface area (Å²) in [7, 11) is -3.64. The van der Waals surface area contributed by atoms with Crippen LogP contribution in [-0.4, -0.2) is 62.4 Å². The minimum Gasteiger partial charge on any atom is -0.450 e. The number of carbonyl (C=O) groups is 2. The first-order chi connectivity index (χ1) is 13.8. The lowest BCUT2D eigenvalue weighted by Crippen LogP contribution is -2.42. The van der Waals surface area contributed by atoms with Gasteiger partial charge in [0.05, 0.1) is 11.5 Å². The van der Waals surface area contributed by atoms with E-state index in [-0.39, 0.29) is 16.6 Å². The second-order valence-electron chi connectivity index (χ2n) is 6.32. The van der Waals surface area contributed by atoms with Crippen LogP contribution in [0.4, 0.5) is 4.79 Å². The molecular formula is C19H28N4O5S. The summed E-state index contributed by atoms with van der Waals surface area (Å²) in [5.41, 5.74) is 6.41. The number of rotatable bonds is 8. The van der Waals surface area contributed by atoms with Gasteiger partial charge in [-0.3, -0.25) is 10.2 Å². The van der Waals surface area contributed by atoms with E-state index < -0.39 is 15.9 Å². The summed E-state index contributed by atoms with van der Waals surface area (Å²) in [6, 6.07) is 5.94. The Labute approximate surface area is 171 Å². The maximum atomic E-state index is 12.6. The van der Waals surface area contributed by atoms with Crippen molar-refractivity contribution in [3.8, 4) is 0 Å². The monoisotopic (exact) mass is 424 g/mol. The molecule has 0 spiro atoms. The third-order valence-corrected chi connectivity index (χ3v) is 6.56. The first-order valence-electron chi connectivity index (χ1n) is 9.60. The maximum absolute atomic E-state index is 12.6. The van der Waals surface area contributed by atoms with Crippen molar-refractivity contribution < 1.29 is 22.7 Å². The van der Waals surface area contributed by atoms with Crippen LogP contribution in [0.5, 0.6) is 0 Å². The van der Waals surface area contributed by atoms with Gasteiger partial charge in [0, 0.05) is 43.9 Å². The van der Waals surface area contributed by atoms with E-state index in [1.54, 1.807) is 43.9 Å². The molecule has 0 fully saturated rings. The molecule has 0 saturated carbocycles. The number of hydrogen-bond acceptors (Lipinski definition) is 6. The highest BCUT2D eigenvalue weighted by Gasteiger charge is 2.23. The number of sulfonamides is 1. The van der Waals surface area contributed by atoms with Crippen LogP contribution in [0.3, 0.4) is 0 Å². The summed E-state index contributed by atoms with van der Waals surface area (Å²) < 4.78 is 31.6. The fourth-order valence-electron chi connectivity index (χ4n) is 2.88. The Bertz CT molecular complexity index is 865. The van der Waals surface area contributed by atoms with Crippen LogP contribution in [0.25, 0.3) is 0 Å². The number of hydrogen-bond donors (Lipinski definition) is 2. The van der Waals surface area contributed by atoms with E-state index in [4.69, 9.17) is 4.74 Å². The molecule has 9 nitrogen and oxygen atoms in total. The summed E-state index contributed by atoms with van der Waals surface area (Å²) >= 11 is 0. The van der Waals surface area contributed by atoms with Crippen molar-refractivity contribution in [3.63, 3.8) is 0 Å². The molecule has 0 unspecified atom stereocenters. The van der Waals surface area contributed by atoms with Gasteiger partial charge in [-0.1, -0.05) is 19.9 Å². The number of amides is 2. The van der Waals surface area contributed by atoms with Crippen molar-refractivity contribution in [1.29, 1.82) is 0 Å². The third kappa shape index (κ3) is 5.70. The van der Waals surface area contributed by atoms with Crippen LogP contribution >= 0.6 is 0 Å². The average Bonchev–Trinajstić information content (AvgIpc) is 2.73. The summed E-state index contributed by atoms with van der Waals surface area (Å²) in [5, 5.41) is 0. The number of hydrazine groups is 1. The number of nitrogens with zero attached hydrogens (tertiary/aromatic N) is 2. The zero-order valence-corrected chi connectivity index (χ0v) is 17.8. The zero-order valence-electron chi connectivity index (χ0n) is 17.0. The minimum atomic E-state index is -3.64. The molecule has 0 aliphatic carbocycles. The molecule has 0 atom stereocenters. The molecule has 29 heavy (non-hydrogen) atoms. The Morgan fingerprint density at radius 2 is 1.93 bits per heavy atom. The highest BCUT2D eigenvalue weighted by atomic mass is 32.2. The first-order valence-corrected chi connectivity index (χ1v) is 11.0. The van der Waals surface area contributed by atoms with Gasteiger partial charge in [-0.05, 0) is 31.2 Å².